The molecule has 2 heterocycles. The van der Waals surface area contributed by atoms with E-state index in [-0.39, 0.29) is 23.1 Å². The highest BCUT2D eigenvalue weighted by Gasteiger charge is 2.32. The molecule has 1 atom stereocenters. The van der Waals surface area contributed by atoms with Gasteiger partial charge in [-0.25, -0.2) is 0 Å². The standard InChI is InChI=1S/C13H16ClF3N4/c1-7(2)3-8(5-18)11-19-20-12-10(14)4-9(6-21(11)12)13(15,16)17/h4,6-8H,3,5,18H2,1-2H3. The average molecular weight is 321 g/mol. The molecule has 2 N–H and O–H groups in total. The second kappa shape index (κ2) is 5.81. The highest BCUT2D eigenvalue weighted by atomic mass is 35.5. The molecular weight excluding hydrogens is 305 g/mol. The van der Waals surface area contributed by atoms with Gasteiger partial charge in [-0.2, -0.15) is 13.2 Å². The summed E-state index contributed by atoms with van der Waals surface area (Å²) in [4.78, 5) is 0. The SMILES string of the molecule is CC(C)CC(CN)c1nnc2c(Cl)cc(C(F)(F)F)cn12. The zero-order chi connectivity index (χ0) is 15.8. The summed E-state index contributed by atoms with van der Waals surface area (Å²) in [5.41, 5.74) is 5.11. The number of pyridine rings is 1. The van der Waals surface area contributed by atoms with Crippen molar-refractivity contribution in [2.75, 3.05) is 6.54 Å². The van der Waals surface area contributed by atoms with E-state index in [9.17, 15) is 13.2 Å². The van der Waals surface area contributed by atoms with E-state index in [1.165, 1.54) is 4.40 Å². The van der Waals surface area contributed by atoms with Crippen LogP contribution < -0.4 is 5.73 Å². The molecule has 1 unspecified atom stereocenters. The van der Waals surface area contributed by atoms with Gasteiger partial charge >= 0.3 is 6.18 Å². The Morgan fingerprint density at radius 3 is 2.52 bits per heavy atom. The first-order chi connectivity index (χ1) is 9.74. The zero-order valence-electron chi connectivity index (χ0n) is 11.7. The third-order valence-corrected chi connectivity index (χ3v) is 3.50. The van der Waals surface area contributed by atoms with Crippen molar-refractivity contribution in [2.45, 2.75) is 32.4 Å². The van der Waals surface area contributed by atoms with Crippen LogP contribution in [0.5, 0.6) is 0 Å². The number of halogens is 4. The fourth-order valence-electron chi connectivity index (χ4n) is 2.28. The molecule has 2 rings (SSSR count). The molecule has 0 aliphatic heterocycles. The highest BCUT2D eigenvalue weighted by Crippen LogP contribution is 2.33. The van der Waals surface area contributed by atoms with Gasteiger partial charge in [0.25, 0.3) is 0 Å². The number of nitrogens with two attached hydrogens (primary N) is 1. The maximum Gasteiger partial charge on any atom is 0.417 e. The molecule has 116 valence electrons. The number of aromatic nitrogens is 3. The van der Waals surface area contributed by atoms with Crippen molar-refractivity contribution < 1.29 is 13.2 Å². The molecule has 21 heavy (non-hydrogen) atoms. The van der Waals surface area contributed by atoms with Gasteiger partial charge < -0.3 is 5.73 Å². The topological polar surface area (TPSA) is 56.2 Å². The van der Waals surface area contributed by atoms with Crippen LogP contribution in [0.15, 0.2) is 12.3 Å². The molecule has 0 fully saturated rings. The van der Waals surface area contributed by atoms with Crippen molar-refractivity contribution in [2.24, 2.45) is 11.7 Å². The van der Waals surface area contributed by atoms with Crippen LogP contribution in [0.25, 0.3) is 5.65 Å². The molecule has 4 nitrogen and oxygen atoms in total. The lowest BCUT2D eigenvalue weighted by Crippen LogP contribution is -2.18. The Hall–Kier alpha value is -1.34. The zero-order valence-corrected chi connectivity index (χ0v) is 12.4. The van der Waals surface area contributed by atoms with Crippen molar-refractivity contribution >= 4 is 17.2 Å². The van der Waals surface area contributed by atoms with Crippen LogP contribution in [0.2, 0.25) is 5.02 Å². The summed E-state index contributed by atoms with van der Waals surface area (Å²) < 4.78 is 40.0. The summed E-state index contributed by atoms with van der Waals surface area (Å²) in [6, 6.07) is 0.856. The summed E-state index contributed by atoms with van der Waals surface area (Å²) >= 11 is 5.88. The molecule has 0 aromatic carbocycles. The quantitative estimate of drug-likeness (QED) is 0.938. The summed E-state index contributed by atoms with van der Waals surface area (Å²) in [5, 5.41) is 7.78. The van der Waals surface area contributed by atoms with Gasteiger partial charge in [-0.1, -0.05) is 25.4 Å². The Labute approximate surface area is 125 Å². The number of fused-ring (bicyclic) bond motifs is 1. The van der Waals surface area contributed by atoms with E-state index >= 15 is 0 Å². The maximum absolute atomic E-state index is 12.9. The predicted octanol–water partition coefficient (Wildman–Crippen LogP) is 3.49. The summed E-state index contributed by atoms with van der Waals surface area (Å²) in [5.74, 6) is 0.584. The molecule has 0 aliphatic rings. The van der Waals surface area contributed by atoms with Gasteiger partial charge in [0.15, 0.2) is 5.65 Å². The second-order valence-corrected chi connectivity index (χ2v) is 5.80. The van der Waals surface area contributed by atoms with Gasteiger partial charge in [0.05, 0.1) is 10.6 Å². The molecule has 2 aromatic heterocycles. The molecule has 0 bridgehead atoms. The summed E-state index contributed by atoms with van der Waals surface area (Å²) in [6.07, 6.45) is -2.79. The van der Waals surface area contributed by atoms with E-state index < -0.39 is 11.7 Å². The van der Waals surface area contributed by atoms with E-state index in [1.807, 2.05) is 13.8 Å². The molecule has 0 amide bonds. The molecule has 0 spiro atoms. The number of hydrogen-bond donors (Lipinski definition) is 1. The minimum Gasteiger partial charge on any atom is -0.330 e. The first kappa shape index (κ1) is 16.0. The molecule has 8 heteroatoms. The smallest absolute Gasteiger partial charge is 0.330 e. The van der Waals surface area contributed by atoms with Crippen LogP contribution in [0, 0.1) is 5.92 Å². The van der Waals surface area contributed by atoms with E-state index in [1.54, 1.807) is 0 Å². The van der Waals surface area contributed by atoms with E-state index in [0.717, 1.165) is 12.3 Å². The van der Waals surface area contributed by atoms with Gasteiger partial charge in [0.2, 0.25) is 0 Å². The number of hydrogen-bond acceptors (Lipinski definition) is 3. The maximum atomic E-state index is 12.9. The first-order valence-electron chi connectivity index (χ1n) is 6.55. The lowest BCUT2D eigenvalue weighted by atomic mass is 9.96. The van der Waals surface area contributed by atoms with Crippen LogP contribution in [0.4, 0.5) is 13.2 Å². The fourth-order valence-corrected chi connectivity index (χ4v) is 2.53. The van der Waals surface area contributed by atoms with Gasteiger partial charge in [0, 0.05) is 18.7 Å². The Morgan fingerprint density at radius 1 is 1.33 bits per heavy atom. The molecule has 0 saturated carbocycles. The van der Waals surface area contributed by atoms with Crippen molar-refractivity contribution in [3.8, 4) is 0 Å². The Bertz CT molecular complexity index is 636. The first-order valence-corrected chi connectivity index (χ1v) is 6.93. The summed E-state index contributed by atoms with van der Waals surface area (Å²) in [6.45, 7) is 4.31. The van der Waals surface area contributed by atoms with Crippen LogP contribution in [-0.2, 0) is 6.18 Å². The Kier molecular flexibility index (Phi) is 4.43. The molecule has 0 radical (unpaired) electrons. The third-order valence-electron chi connectivity index (χ3n) is 3.22. The Morgan fingerprint density at radius 2 is 2.00 bits per heavy atom. The van der Waals surface area contributed by atoms with Gasteiger partial charge in [-0.05, 0) is 18.4 Å². The molecule has 0 saturated heterocycles. The number of nitrogens with zero attached hydrogens (tertiary/aromatic N) is 3. The van der Waals surface area contributed by atoms with Crippen LogP contribution in [0.1, 0.15) is 37.6 Å². The molecule has 2 aromatic rings. The van der Waals surface area contributed by atoms with Crippen LogP contribution >= 0.6 is 11.6 Å². The average Bonchev–Trinajstić information content (AvgIpc) is 2.79. The second-order valence-electron chi connectivity index (χ2n) is 5.39. The third kappa shape index (κ3) is 3.29. The lowest BCUT2D eigenvalue weighted by Gasteiger charge is -2.16. The van der Waals surface area contributed by atoms with E-state index in [0.29, 0.717) is 18.2 Å². The van der Waals surface area contributed by atoms with Gasteiger partial charge in [-0.3, -0.25) is 4.40 Å². The van der Waals surface area contributed by atoms with Crippen molar-refractivity contribution in [1.82, 2.24) is 14.6 Å². The summed E-state index contributed by atoms with van der Waals surface area (Å²) in [7, 11) is 0. The fraction of sp³-hybridized carbons (Fsp3) is 0.538. The van der Waals surface area contributed by atoms with E-state index in [2.05, 4.69) is 10.2 Å². The van der Waals surface area contributed by atoms with Crippen molar-refractivity contribution in [3.05, 3.63) is 28.7 Å². The normalized spacial score (nSPS) is 14.1. The van der Waals surface area contributed by atoms with Gasteiger partial charge in [0.1, 0.15) is 5.82 Å². The minimum absolute atomic E-state index is 0.0797. The lowest BCUT2D eigenvalue weighted by molar-refractivity contribution is -0.137. The molecular formula is C13H16ClF3N4. The molecule has 0 aliphatic carbocycles. The minimum atomic E-state index is -4.48. The van der Waals surface area contributed by atoms with Crippen LogP contribution in [-0.4, -0.2) is 21.1 Å². The van der Waals surface area contributed by atoms with Crippen molar-refractivity contribution in [3.63, 3.8) is 0 Å². The number of alkyl halides is 3. The van der Waals surface area contributed by atoms with Gasteiger partial charge in [-0.15, -0.1) is 10.2 Å². The Balaban J connectivity index is 2.58. The monoisotopic (exact) mass is 320 g/mol. The highest BCUT2D eigenvalue weighted by molar-refractivity contribution is 6.33. The van der Waals surface area contributed by atoms with Crippen LogP contribution in [0.3, 0.4) is 0 Å². The number of rotatable bonds is 4. The van der Waals surface area contributed by atoms with Crippen molar-refractivity contribution in [1.29, 1.82) is 0 Å². The van der Waals surface area contributed by atoms with E-state index in [4.69, 9.17) is 17.3 Å². The predicted molar refractivity (Wildman–Crippen MR) is 74.2 cm³/mol. The largest absolute Gasteiger partial charge is 0.417 e.